The van der Waals surface area contributed by atoms with Crippen LogP contribution in [0.3, 0.4) is 0 Å². The summed E-state index contributed by atoms with van der Waals surface area (Å²) in [5.74, 6) is 0.470. The van der Waals surface area contributed by atoms with Crippen LogP contribution in [-0.2, 0) is 9.53 Å². The van der Waals surface area contributed by atoms with Crippen molar-refractivity contribution in [1.29, 1.82) is 0 Å². The number of anilines is 2. The van der Waals surface area contributed by atoms with E-state index in [0.29, 0.717) is 31.0 Å². The fraction of sp³-hybridized carbons (Fsp3) is 0.462. The molecule has 0 aliphatic heterocycles. The van der Waals surface area contributed by atoms with Crippen molar-refractivity contribution in [3.63, 3.8) is 0 Å². The fourth-order valence-electron chi connectivity index (χ4n) is 3.21. The molecule has 0 heterocycles. The van der Waals surface area contributed by atoms with Crippen LogP contribution >= 0.6 is 0 Å². The van der Waals surface area contributed by atoms with Gasteiger partial charge < -0.3 is 25.4 Å². The summed E-state index contributed by atoms with van der Waals surface area (Å²) >= 11 is 0. The quantitative estimate of drug-likeness (QED) is 0.315. The molecule has 0 aliphatic rings. The summed E-state index contributed by atoms with van der Waals surface area (Å²) in [6.45, 7) is 4.18. The lowest BCUT2D eigenvalue weighted by Crippen LogP contribution is -2.25. The normalized spacial score (nSPS) is 10.5. The molecule has 7 heteroatoms. The highest BCUT2D eigenvalue weighted by Gasteiger charge is 2.07. The van der Waals surface area contributed by atoms with Gasteiger partial charge in [0, 0.05) is 43.3 Å². The predicted octanol–water partition coefficient (Wildman–Crippen LogP) is 4.85. The third-order valence-electron chi connectivity index (χ3n) is 5.05. The van der Waals surface area contributed by atoms with Gasteiger partial charge in [0.25, 0.3) is 5.91 Å². The molecule has 0 aromatic heterocycles. The third-order valence-corrected chi connectivity index (χ3v) is 5.05. The van der Waals surface area contributed by atoms with Crippen molar-refractivity contribution in [2.75, 3.05) is 44.0 Å². The first-order valence-electron chi connectivity index (χ1n) is 11.8. The SMILES string of the molecule is CCCCCCCOc1cccc(NC(=O)CNc2ccc(C(=O)NCCCOC)cc2)c1. The highest BCUT2D eigenvalue weighted by atomic mass is 16.5. The maximum Gasteiger partial charge on any atom is 0.251 e. The zero-order chi connectivity index (χ0) is 23.7. The van der Waals surface area contributed by atoms with Gasteiger partial charge in [-0.15, -0.1) is 0 Å². The number of carbonyl (C=O) groups excluding carboxylic acids is 2. The second kappa shape index (κ2) is 15.7. The average Bonchev–Trinajstić information content (AvgIpc) is 2.83. The second-order valence-corrected chi connectivity index (χ2v) is 7.87. The van der Waals surface area contributed by atoms with Crippen LogP contribution in [0.15, 0.2) is 48.5 Å². The monoisotopic (exact) mass is 455 g/mol. The highest BCUT2D eigenvalue weighted by Crippen LogP contribution is 2.18. The second-order valence-electron chi connectivity index (χ2n) is 7.87. The molecule has 0 atom stereocenters. The topological polar surface area (TPSA) is 88.7 Å². The lowest BCUT2D eigenvalue weighted by atomic mass is 10.2. The third kappa shape index (κ3) is 10.9. The average molecular weight is 456 g/mol. The van der Waals surface area contributed by atoms with Gasteiger partial charge in [-0.1, -0.05) is 38.7 Å². The Hall–Kier alpha value is -3.06. The van der Waals surface area contributed by atoms with Crippen LogP contribution in [0.5, 0.6) is 5.75 Å². The van der Waals surface area contributed by atoms with Gasteiger partial charge in [-0.25, -0.2) is 0 Å². The minimum Gasteiger partial charge on any atom is -0.494 e. The molecule has 7 nitrogen and oxygen atoms in total. The molecule has 0 bridgehead atoms. The predicted molar refractivity (Wildman–Crippen MR) is 133 cm³/mol. The van der Waals surface area contributed by atoms with Gasteiger partial charge in [-0.05, 0) is 49.2 Å². The molecule has 2 amide bonds. The summed E-state index contributed by atoms with van der Waals surface area (Å²) in [6.07, 6.45) is 6.73. The maximum absolute atomic E-state index is 12.3. The standard InChI is InChI=1S/C26H37N3O4/c1-3-4-5-6-7-18-33-24-11-8-10-23(19-24)29-25(30)20-28-22-14-12-21(13-15-22)26(31)27-16-9-17-32-2/h8,10-15,19,28H,3-7,9,16-18,20H2,1-2H3,(H,27,31)(H,29,30). The molecular weight excluding hydrogens is 418 g/mol. The van der Waals surface area contributed by atoms with E-state index < -0.39 is 0 Å². The number of carbonyl (C=O) groups is 2. The van der Waals surface area contributed by atoms with Crippen LogP contribution in [0.1, 0.15) is 55.8 Å². The Morgan fingerprint density at radius 2 is 1.67 bits per heavy atom. The Balaban J connectivity index is 1.71. The first-order valence-corrected chi connectivity index (χ1v) is 11.8. The van der Waals surface area contributed by atoms with Crippen molar-refractivity contribution in [3.05, 3.63) is 54.1 Å². The highest BCUT2D eigenvalue weighted by molar-refractivity contribution is 5.95. The molecular formula is C26H37N3O4. The van der Waals surface area contributed by atoms with Crippen molar-refractivity contribution in [3.8, 4) is 5.75 Å². The number of ether oxygens (including phenoxy) is 2. The lowest BCUT2D eigenvalue weighted by molar-refractivity contribution is -0.114. The molecule has 2 aromatic carbocycles. The van der Waals surface area contributed by atoms with Gasteiger partial charge in [0.05, 0.1) is 13.2 Å². The molecule has 0 aliphatic carbocycles. The molecule has 33 heavy (non-hydrogen) atoms. The number of rotatable bonds is 16. The van der Waals surface area contributed by atoms with E-state index in [4.69, 9.17) is 9.47 Å². The van der Waals surface area contributed by atoms with Gasteiger partial charge in [0.1, 0.15) is 5.75 Å². The van der Waals surface area contributed by atoms with Gasteiger partial charge in [-0.2, -0.15) is 0 Å². The molecule has 0 unspecified atom stereocenters. The van der Waals surface area contributed by atoms with E-state index in [2.05, 4.69) is 22.9 Å². The zero-order valence-electron chi connectivity index (χ0n) is 19.8. The van der Waals surface area contributed by atoms with E-state index in [1.165, 1.54) is 25.7 Å². The Morgan fingerprint density at radius 1 is 0.879 bits per heavy atom. The Kier molecular flexibility index (Phi) is 12.5. The van der Waals surface area contributed by atoms with E-state index in [1.54, 1.807) is 31.4 Å². The van der Waals surface area contributed by atoms with Crippen molar-refractivity contribution in [1.82, 2.24) is 5.32 Å². The summed E-state index contributed by atoms with van der Waals surface area (Å²) in [6, 6.07) is 14.5. The summed E-state index contributed by atoms with van der Waals surface area (Å²) in [7, 11) is 1.64. The summed E-state index contributed by atoms with van der Waals surface area (Å²) in [4.78, 5) is 24.4. The number of nitrogens with one attached hydrogen (secondary N) is 3. The summed E-state index contributed by atoms with van der Waals surface area (Å²) in [5.41, 5.74) is 2.04. The zero-order valence-corrected chi connectivity index (χ0v) is 19.8. The molecule has 0 saturated heterocycles. The molecule has 3 N–H and O–H groups in total. The summed E-state index contributed by atoms with van der Waals surface area (Å²) < 4.78 is 10.8. The smallest absolute Gasteiger partial charge is 0.251 e. The molecule has 0 fully saturated rings. The number of hydrogen-bond donors (Lipinski definition) is 3. The number of unbranched alkanes of at least 4 members (excludes halogenated alkanes) is 4. The Morgan fingerprint density at radius 3 is 2.42 bits per heavy atom. The number of hydrogen-bond acceptors (Lipinski definition) is 5. The molecule has 0 saturated carbocycles. The molecule has 2 aromatic rings. The van der Waals surface area contributed by atoms with Crippen LogP contribution in [-0.4, -0.2) is 45.2 Å². The van der Waals surface area contributed by atoms with Crippen molar-refractivity contribution in [2.24, 2.45) is 0 Å². The van der Waals surface area contributed by atoms with Crippen LogP contribution in [0.25, 0.3) is 0 Å². The van der Waals surface area contributed by atoms with E-state index in [1.807, 2.05) is 24.3 Å². The van der Waals surface area contributed by atoms with Gasteiger partial charge in [-0.3, -0.25) is 9.59 Å². The van der Waals surface area contributed by atoms with Gasteiger partial charge in [0.15, 0.2) is 0 Å². The molecule has 180 valence electrons. The molecule has 0 radical (unpaired) electrons. The molecule has 2 rings (SSSR count). The summed E-state index contributed by atoms with van der Waals surface area (Å²) in [5, 5.41) is 8.80. The molecule has 0 spiro atoms. The van der Waals surface area contributed by atoms with E-state index in [9.17, 15) is 9.59 Å². The first-order chi connectivity index (χ1) is 16.1. The minimum atomic E-state index is -0.160. The number of methoxy groups -OCH3 is 1. The van der Waals surface area contributed by atoms with Crippen LogP contribution in [0.2, 0.25) is 0 Å². The van der Waals surface area contributed by atoms with Gasteiger partial charge >= 0.3 is 0 Å². The number of amides is 2. The van der Waals surface area contributed by atoms with Crippen molar-refractivity contribution >= 4 is 23.2 Å². The number of benzene rings is 2. The maximum atomic E-state index is 12.3. The fourth-order valence-corrected chi connectivity index (χ4v) is 3.21. The Bertz CT molecular complexity index is 840. The largest absolute Gasteiger partial charge is 0.494 e. The lowest BCUT2D eigenvalue weighted by Gasteiger charge is -2.11. The van der Waals surface area contributed by atoms with E-state index in [0.717, 1.165) is 24.3 Å². The van der Waals surface area contributed by atoms with Crippen LogP contribution in [0, 0.1) is 0 Å². The van der Waals surface area contributed by atoms with Gasteiger partial charge in [0.2, 0.25) is 5.91 Å². The van der Waals surface area contributed by atoms with Crippen LogP contribution < -0.4 is 20.7 Å². The minimum absolute atomic E-state index is 0.116. The van der Waals surface area contributed by atoms with Crippen molar-refractivity contribution in [2.45, 2.75) is 45.4 Å². The van der Waals surface area contributed by atoms with E-state index in [-0.39, 0.29) is 18.4 Å². The first kappa shape index (κ1) is 26.2. The van der Waals surface area contributed by atoms with E-state index >= 15 is 0 Å². The van der Waals surface area contributed by atoms with Crippen molar-refractivity contribution < 1.29 is 19.1 Å². The Labute approximate surface area is 197 Å². The van der Waals surface area contributed by atoms with Crippen LogP contribution in [0.4, 0.5) is 11.4 Å².